The third-order valence-corrected chi connectivity index (χ3v) is 2.01. The molecule has 0 fully saturated rings. The summed E-state index contributed by atoms with van der Waals surface area (Å²) >= 11 is 0. The van der Waals surface area contributed by atoms with Crippen LogP contribution in [0.4, 0.5) is 14.5 Å². The Balaban J connectivity index is 2.63. The number of anilines is 1. The molecule has 2 rings (SSSR count). The molecule has 0 spiro atoms. The number of Topliss-reactive ketones (excluding diaryl/α,β-unsaturated/α-hetero) is 1. The summed E-state index contributed by atoms with van der Waals surface area (Å²) in [5.74, 6) is -1.64. The van der Waals surface area contributed by atoms with Crippen LogP contribution in [0.15, 0.2) is 12.1 Å². The van der Waals surface area contributed by atoms with Gasteiger partial charge in [-0.15, -0.1) is 0 Å². The van der Waals surface area contributed by atoms with E-state index >= 15 is 0 Å². The molecule has 0 unspecified atom stereocenters. The molecule has 0 aromatic heterocycles. The van der Waals surface area contributed by atoms with Crippen molar-refractivity contribution >= 4 is 11.5 Å². The third kappa shape index (κ3) is 1.28. The van der Waals surface area contributed by atoms with Crippen LogP contribution in [0.1, 0.15) is 16.8 Å². The molecule has 68 valence electrons. The van der Waals surface area contributed by atoms with Crippen molar-refractivity contribution in [3.05, 3.63) is 29.3 Å². The van der Waals surface area contributed by atoms with Gasteiger partial charge in [-0.1, -0.05) is 0 Å². The molecule has 13 heavy (non-hydrogen) atoms. The zero-order chi connectivity index (χ0) is 9.42. The molecule has 0 saturated carbocycles. The first kappa shape index (κ1) is 8.16. The van der Waals surface area contributed by atoms with E-state index in [1.807, 2.05) is 0 Å². The average Bonchev–Trinajstić information content (AvgIpc) is 2.07. The number of fused-ring (bicyclic) bond motifs is 1. The van der Waals surface area contributed by atoms with E-state index in [0.717, 1.165) is 12.1 Å². The monoisotopic (exact) mass is 183 g/mol. The van der Waals surface area contributed by atoms with Gasteiger partial charge in [-0.2, -0.15) is 0 Å². The van der Waals surface area contributed by atoms with Gasteiger partial charge in [0.25, 0.3) is 0 Å². The second-order valence-electron chi connectivity index (χ2n) is 2.91. The predicted octanol–water partition coefficient (Wildman–Crippen LogP) is 1.96. The maximum atomic E-state index is 13.1. The van der Waals surface area contributed by atoms with Gasteiger partial charge < -0.3 is 5.32 Å². The second-order valence-corrected chi connectivity index (χ2v) is 2.91. The zero-order valence-corrected chi connectivity index (χ0v) is 6.73. The van der Waals surface area contributed by atoms with Crippen LogP contribution in [-0.2, 0) is 0 Å². The lowest BCUT2D eigenvalue weighted by molar-refractivity contribution is 0.0982. The van der Waals surface area contributed by atoms with Crippen LogP contribution in [0.2, 0.25) is 0 Å². The van der Waals surface area contributed by atoms with Gasteiger partial charge in [-0.25, -0.2) is 8.78 Å². The molecule has 0 amide bonds. The Bertz CT molecular complexity index is 376. The Morgan fingerprint density at radius 2 is 2.08 bits per heavy atom. The number of halogens is 2. The van der Waals surface area contributed by atoms with Crippen molar-refractivity contribution < 1.29 is 13.6 Å². The van der Waals surface area contributed by atoms with Crippen molar-refractivity contribution in [2.24, 2.45) is 0 Å². The van der Waals surface area contributed by atoms with Crippen LogP contribution < -0.4 is 5.32 Å². The fourth-order valence-electron chi connectivity index (χ4n) is 1.41. The standard InChI is InChI=1S/C9H7F2NO/c10-5-3-6-8(13)1-2-12-9(6)7(11)4-5/h3-4,12H,1-2H2. The molecule has 1 aliphatic heterocycles. The Morgan fingerprint density at radius 3 is 2.85 bits per heavy atom. The summed E-state index contributed by atoms with van der Waals surface area (Å²) in [4.78, 5) is 11.2. The lowest BCUT2D eigenvalue weighted by atomic mass is 10.0. The van der Waals surface area contributed by atoms with E-state index in [-0.39, 0.29) is 23.5 Å². The molecule has 0 saturated heterocycles. The molecule has 4 heteroatoms. The largest absolute Gasteiger partial charge is 0.382 e. The third-order valence-electron chi connectivity index (χ3n) is 2.01. The summed E-state index contributed by atoms with van der Waals surface area (Å²) in [5.41, 5.74) is 0.237. The molecule has 1 heterocycles. The zero-order valence-electron chi connectivity index (χ0n) is 6.73. The first-order valence-electron chi connectivity index (χ1n) is 3.94. The summed E-state index contributed by atoms with van der Waals surface area (Å²) < 4.78 is 25.8. The van der Waals surface area contributed by atoms with Gasteiger partial charge in [0.1, 0.15) is 11.6 Å². The van der Waals surface area contributed by atoms with E-state index in [1.165, 1.54) is 0 Å². The molecule has 0 radical (unpaired) electrons. The first-order chi connectivity index (χ1) is 6.18. The van der Waals surface area contributed by atoms with E-state index in [2.05, 4.69) is 5.32 Å². The topological polar surface area (TPSA) is 29.1 Å². The van der Waals surface area contributed by atoms with Gasteiger partial charge in [-0.05, 0) is 6.07 Å². The van der Waals surface area contributed by atoms with Crippen molar-refractivity contribution in [2.45, 2.75) is 6.42 Å². The van der Waals surface area contributed by atoms with Crippen LogP contribution in [0.5, 0.6) is 0 Å². The predicted molar refractivity (Wildman–Crippen MR) is 43.8 cm³/mol. The molecule has 0 aliphatic carbocycles. The minimum atomic E-state index is -0.715. The fourth-order valence-corrected chi connectivity index (χ4v) is 1.41. The second kappa shape index (κ2) is 2.80. The first-order valence-corrected chi connectivity index (χ1v) is 3.94. The number of hydrogen-bond acceptors (Lipinski definition) is 2. The fraction of sp³-hybridized carbons (Fsp3) is 0.222. The number of carbonyl (C=O) groups is 1. The number of hydrogen-bond donors (Lipinski definition) is 1. The Labute approximate surface area is 73.6 Å². The van der Waals surface area contributed by atoms with Gasteiger partial charge in [0.05, 0.1) is 5.69 Å². The summed E-state index contributed by atoms with van der Waals surface area (Å²) in [7, 11) is 0. The van der Waals surface area contributed by atoms with Gasteiger partial charge >= 0.3 is 0 Å². The van der Waals surface area contributed by atoms with Crippen molar-refractivity contribution in [3.63, 3.8) is 0 Å². The van der Waals surface area contributed by atoms with Gasteiger partial charge in [0, 0.05) is 24.6 Å². The highest BCUT2D eigenvalue weighted by Crippen LogP contribution is 2.25. The maximum Gasteiger partial charge on any atom is 0.166 e. The van der Waals surface area contributed by atoms with Gasteiger partial charge in [0.2, 0.25) is 0 Å². The van der Waals surface area contributed by atoms with Crippen LogP contribution in [0, 0.1) is 11.6 Å². The van der Waals surface area contributed by atoms with E-state index in [1.54, 1.807) is 0 Å². The Morgan fingerprint density at radius 1 is 1.31 bits per heavy atom. The van der Waals surface area contributed by atoms with Crippen molar-refractivity contribution in [3.8, 4) is 0 Å². The van der Waals surface area contributed by atoms with E-state index in [9.17, 15) is 13.6 Å². The van der Waals surface area contributed by atoms with Crippen molar-refractivity contribution in [1.29, 1.82) is 0 Å². The smallest absolute Gasteiger partial charge is 0.166 e. The van der Waals surface area contributed by atoms with Crippen LogP contribution in [0.25, 0.3) is 0 Å². The van der Waals surface area contributed by atoms with E-state index in [4.69, 9.17) is 0 Å². The van der Waals surface area contributed by atoms with Crippen molar-refractivity contribution in [2.75, 3.05) is 11.9 Å². The molecular weight excluding hydrogens is 176 g/mol. The summed E-state index contributed by atoms with van der Waals surface area (Å²) in [5, 5.41) is 2.73. The van der Waals surface area contributed by atoms with E-state index in [0.29, 0.717) is 6.54 Å². The number of rotatable bonds is 0. The van der Waals surface area contributed by atoms with Gasteiger partial charge in [0.15, 0.2) is 5.78 Å². The highest BCUT2D eigenvalue weighted by atomic mass is 19.1. The molecule has 1 aliphatic rings. The van der Waals surface area contributed by atoms with Gasteiger partial charge in [-0.3, -0.25) is 4.79 Å². The SMILES string of the molecule is O=C1CCNc2c(F)cc(F)cc21. The Hall–Kier alpha value is -1.45. The Kier molecular flexibility index (Phi) is 1.76. The molecular formula is C9H7F2NO. The molecule has 1 N–H and O–H groups in total. The summed E-state index contributed by atoms with van der Waals surface area (Å²) in [6.07, 6.45) is 0.288. The number of benzene rings is 1. The maximum absolute atomic E-state index is 13.1. The number of carbonyl (C=O) groups excluding carboxylic acids is 1. The number of nitrogens with one attached hydrogen (secondary N) is 1. The minimum Gasteiger partial charge on any atom is -0.382 e. The molecule has 1 aromatic carbocycles. The average molecular weight is 183 g/mol. The quantitative estimate of drug-likeness (QED) is 0.666. The number of ketones is 1. The lowest BCUT2D eigenvalue weighted by Gasteiger charge is -2.17. The minimum absolute atomic E-state index is 0.115. The van der Waals surface area contributed by atoms with Crippen LogP contribution >= 0.6 is 0 Å². The molecule has 2 nitrogen and oxygen atoms in total. The molecule has 1 aromatic rings. The molecule has 0 bridgehead atoms. The summed E-state index contributed by atoms with van der Waals surface area (Å²) in [6.45, 7) is 0.411. The highest BCUT2D eigenvalue weighted by Gasteiger charge is 2.20. The van der Waals surface area contributed by atoms with Crippen LogP contribution in [-0.4, -0.2) is 12.3 Å². The van der Waals surface area contributed by atoms with Crippen LogP contribution in [0.3, 0.4) is 0 Å². The van der Waals surface area contributed by atoms with E-state index < -0.39 is 11.6 Å². The lowest BCUT2D eigenvalue weighted by Crippen LogP contribution is -2.19. The normalized spacial score (nSPS) is 15.1. The highest BCUT2D eigenvalue weighted by molar-refractivity contribution is 6.03. The van der Waals surface area contributed by atoms with Crippen molar-refractivity contribution in [1.82, 2.24) is 0 Å². The summed E-state index contributed by atoms with van der Waals surface area (Å²) in [6, 6.07) is 1.83. The molecule has 0 atom stereocenters.